The second-order valence-corrected chi connectivity index (χ2v) is 4.75. The third-order valence-electron chi connectivity index (χ3n) is 2.97. The number of amides is 1. The van der Waals surface area contributed by atoms with Gasteiger partial charge in [-0.3, -0.25) is 4.79 Å². The first kappa shape index (κ1) is 15.9. The van der Waals surface area contributed by atoms with Crippen molar-refractivity contribution in [2.75, 3.05) is 13.2 Å². The maximum absolute atomic E-state index is 13.0. The van der Waals surface area contributed by atoms with E-state index in [1.54, 1.807) is 6.92 Å². The molecule has 1 rings (SSSR count). The summed E-state index contributed by atoms with van der Waals surface area (Å²) >= 11 is 0. The summed E-state index contributed by atoms with van der Waals surface area (Å²) in [5.74, 6) is -1.81. The van der Waals surface area contributed by atoms with Gasteiger partial charge in [0.05, 0.1) is 0 Å². The Bertz CT molecular complexity index is 502. The van der Waals surface area contributed by atoms with Crippen LogP contribution in [0.1, 0.15) is 20.8 Å². The van der Waals surface area contributed by atoms with Crippen LogP contribution in [0.2, 0.25) is 0 Å². The lowest BCUT2D eigenvalue weighted by Gasteiger charge is -2.34. The second kappa shape index (κ2) is 6.36. The van der Waals surface area contributed by atoms with Gasteiger partial charge >= 0.3 is 5.97 Å². The minimum absolute atomic E-state index is 0.225. The molecule has 1 aromatic rings. The van der Waals surface area contributed by atoms with Crippen LogP contribution in [0.3, 0.4) is 0 Å². The quantitative estimate of drug-likeness (QED) is 0.866. The maximum atomic E-state index is 13.0. The minimum atomic E-state index is -1.32. The van der Waals surface area contributed by atoms with Gasteiger partial charge in [0.2, 0.25) is 0 Å². The van der Waals surface area contributed by atoms with Crippen LogP contribution in [0, 0.1) is 5.82 Å². The molecule has 0 saturated heterocycles. The molecule has 110 valence electrons. The third kappa shape index (κ3) is 3.69. The van der Waals surface area contributed by atoms with Gasteiger partial charge in [0, 0.05) is 12.6 Å². The number of likely N-dealkylation sites (N-methyl/N-ethyl adjacent to an activating group) is 1. The topological polar surface area (TPSA) is 66.8 Å². The Labute approximate surface area is 117 Å². The number of carbonyl (C=O) groups excluding carboxylic acids is 1. The van der Waals surface area contributed by atoms with Crippen LogP contribution < -0.4 is 4.74 Å². The Morgan fingerprint density at radius 1 is 1.40 bits per heavy atom. The molecule has 1 amide bonds. The molecule has 0 bridgehead atoms. The number of hydrogen-bond donors (Lipinski definition) is 1. The highest BCUT2D eigenvalue weighted by molar-refractivity contribution is 5.87. The van der Waals surface area contributed by atoms with Crippen molar-refractivity contribution in [2.45, 2.75) is 26.3 Å². The van der Waals surface area contributed by atoms with Crippen LogP contribution in [0.15, 0.2) is 24.3 Å². The smallest absolute Gasteiger partial charge is 0.329 e. The van der Waals surface area contributed by atoms with Crippen molar-refractivity contribution < 1.29 is 23.8 Å². The fourth-order valence-electron chi connectivity index (χ4n) is 1.78. The van der Waals surface area contributed by atoms with E-state index in [0.717, 1.165) is 6.07 Å². The van der Waals surface area contributed by atoms with Gasteiger partial charge in [0.15, 0.2) is 6.61 Å². The fraction of sp³-hybridized carbons (Fsp3) is 0.429. The average Bonchev–Trinajstić information content (AvgIpc) is 2.36. The summed E-state index contributed by atoms with van der Waals surface area (Å²) in [7, 11) is 0. The van der Waals surface area contributed by atoms with Crippen molar-refractivity contribution in [3.8, 4) is 5.75 Å². The monoisotopic (exact) mass is 283 g/mol. The van der Waals surface area contributed by atoms with Gasteiger partial charge in [0.1, 0.15) is 17.1 Å². The number of carboxylic acids is 1. The predicted octanol–water partition coefficient (Wildman–Crippen LogP) is 1.92. The molecular weight excluding hydrogens is 265 g/mol. The molecule has 0 heterocycles. The van der Waals surface area contributed by atoms with E-state index in [1.165, 1.54) is 36.9 Å². The van der Waals surface area contributed by atoms with Crippen molar-refractivity contribution in [1.82, 2.24) is 4.90 Å². The lowest BCUT2D eigenvalue weighted by Crippen LogP contribution is -2.54. The SMILES string of the molecule is CCN(C(=O)COc1cccc(F)c1)C(C)(C)C(=O)O. The third-order valence-corrected chi connectivity index (χ3v) is 2.97. The molecule has 0 saturated carbocycles. The zero-order valence-electron chi connectivity index (χ0n) is 11.7. The van der Waals surface area contributed by atoms with Crippen LogP contribution in [-0.2, 0) is 9.59 Å². The summed E-state index contributed by atoms with van der Waals surface area (Å²) < 4.78 is 18.1. The predicted molar refractivity (Wildman–Crippen MR) is 71.0 cm³/mol. The summed E-state index contributed by atoms with van der Waals surface area (Å²) in [6, 6.07) is 5.41. The van der Waals surface area contributed by atoms with E-state index in [-0.39, 0.29) is 18.9 Å². The number of hydrogen-bond acceptors (Lipinski definition) is 3. The molecule has 0 fully saturated rings. The van der Waals surface area contributed by atoms with Crippen LogP contribution >= 0.6 is 0 Å². The molecule has 0 spiro atoms. The Balaban J connectivity index is 2.72. The highest BCUT2D eigenvalue weighted by atomic mass is 19.1. The molecule has 0 radical (unpaired) electrons. The lowest BCUT2D eigenvalue weighted by atomic mass is 10.0. The minimum Gasteiger partial charge on any atom is -0.484 e. The summed E-state index contributed by atoms with van der Waals surface area (Å²) in [5.41, 5.74) is -1.32. The fourth-order valence-corrected chi connectivity index (χ4v) is 1.78. The average molecular weight is 283 g/mol. The summed E-state index contributed by atoms with van der Waals surface area (Å²) in [4.78, 5) is 24.4. The van der Waals surface area contributed by atoms with Crippen LogP contribution in [-0.4, -0.2) is 40.6 Å². The molecule has 0 unspecified atom stereocenters. The first-order valence-corrected chi connectivity index (χ1v) is 6.21. The first-order chi connectivity index (χ1) is 9.28. The van der Waals surface area contributed by atoms with Crippen molar-refractivity contribution in [3.05, 3.63) is 30.1 Å². The number of rotatable bonds is 6. The van der Waals surface area contributed by atoms with E-state index in [4.69, 9.17) is 9.84 Å². The molecule has 1 aromatic carbocycles. The van der Waals surface area contributed by atoms with E-state index in [9.17, 15) is 14.0 Å². The Morgan fingerprint density at radius 3 is 2.55 bits per heavy atom. The van der Waals surface area contributed by atoms with Gasteiger partial charge in [-0.2, -0.15) is 0 Å². The molecule has 1 N–H and O–H groups in total. The lowest BCUT2D eigenvalue weighted by molar-refractivity contribution is -0.157. The molecule has 5 nitrogen and oxygen atoms in total. The van der Waals surface area contributed by atoms with E-state index >= 15 is 0 Å². The number of carbonyl (C=O) groups is 2. The van der Waals surface area contributed by atoms with Gasteiger partial charge in [-0.25, -0.2) is 9.18 Å². The molecule has 0 aliphatic rings. The summed E-state index contributed by atoms with van der Waals surface area (Å²) in [6.45, 7) is 4.47. The number of ether oxygens (including phenoxy) is 1. The van der Waals surface area contributed by atoms with Gasteiger partial charge in [0.25, 0.3) is 5.91 Å². The number of halogens is 1. The standard InChI is InChI=1S/C14H18FNO4/c1-4-16(14(2,3)13(18)19)12(17)9-20-11-7-5-6-10(15)8-11/h5-8H,4,9H2,1-3H3,(H,18,19). The second-order valence-electron chi connectivity index (χ2n) is 4.75. The Morgan fingerprint density at radius 2 is 2.05 bits per heavy atom. The number of benzene rings is 1. The van der Waals surface area contributed by atoms with E-state index in [0.29, 0.717) is 0 Å². The molecule has 20 heavy (non-hydrogen) atoms. The molecule has 6 heteroatoms. The summed E-state index contributed by atoms with van der Waals surface area (Å²) in [5, 5.41) is 9.13. The van der Waals surface area contributed by atoms with Crippen LogP contribution in [0.5, 0.6) is 5.75 Å². The normalized spacial score (nSPS) is 11.0. The highest BCUT2D eigenvalue weighted by Gasteiger charge is 2.36. The molecule has 0 aliphatic carbocycles. The van der Waals surface area contributed by atoms with E-state index in [1.807, 2.05) is 0 Å². The van der Waals surface area contributed by atoms with E-state index in [2.05, 4.69) is 0 Å². The number of carboxylic acid groups (broad SMARTS) is 1. The Kier molecular flexibility index (Phi) is 5.07. The first-order valence-electron chi connectivity index (χ1n) is 6.21. The van der Waals surface area contributed by atoms with Crippen molar-refractivity contribution in [2.24, 2.45) is 0 Å². The Hall–Kier alpha value is -2.11. The van der Waals surface area contributed by atoms with Crippen molar-refractivity contribution in [1.29, 1.82) is 0 Å². The van der Waals surface area contributed by atoms with E-state index < -0.39 is 23.2 Å². The molecule has 0 atom stereocenters. The maximum Gasteiger partial charge on any atom is 0.329 e. The van der Waals surface area contributed by atoms with Crippen molar-refractivity contribution in [3.63, 3.8) is 0 Å². The van der Waals surface area contributed by atoms with Crippen LogP contribution in [0.25, 0.3) is 0 Å². The zero-order chi connectivity index (χ0) is 15.3. The van der Waals surface area contributed by atoms with Crippen molar-refractivity contribution >= 4 is 11.9 Å². The van der Waals surface area contributed by atoms with Crippen LogP contribution in [0.4, 0.5) is 4.39 Å². The molecule has 0 aliphatic heterocycles. The van der Waals surface area contributed by atoms with Gasteiger partial charge in [-0.15, -0.1) is 0 Å². The highest BCUT2D eigenvalue weighted by Crippen LogP contribution is 2.16. The zero-order valence-corrected chi connectivity index (χ0v) is 11.7. The van der Waals surface area contributed by atoms with Gasteiger partial charge < -0.3 is 14.7 Å². The van der Waals surface area contributed by atoms with Gasteiger partial charge in [-0.1, -0.05) is 6.07 Å². The number of aliphatic carboxylic acids is 1. The largest absolute Gasteiger partial charge is 0.484 e. The summed E-state index contributed by atoms with van der Waals surface area (Å²) in [6.07, 6.45) is 0. The van der Waals surface area contributed by atoms with Gasteiger partial charge in [-0.05, 0) is 32.9 Å². The number of nitrogens with zero attached hydrogens (tertiary/aromatic N) is 1. The molecular formula is C14H18FNO4. The molecule has 0 aromatic heterocycles.